The Hall–Kier alpha value is -5.56. The van der Waals surface area contributed by atoms with Crippen molar-refractivity contribution in [2.24, 2.45) is 0 Å². The Morgan fingerprint density at radius 2 is 1.19 bits per heavy atom. The lowest BCUT2D eigenvalue weighted by Crippen LogP contribution is -2.35. The number of carbonyl (C=O) groups excluding carboxylic acids is 4. The van der Waals surface area contributed by atoms with Gasteiger partial charge in [0, 0.05) is 41.3 Å². The molecular weight excluding hydrogens is 811 g/mol. The Kier molecular flexibility index (Phi) is 16.8. The number of H-pyrrole nitrogens is 1. The number of aromatic amines is 1. The van der Waals surface area contributed by atoms with Gasteiger partial charge in [0.2, 0.25) is 10.6 Å². The molecule has 0 radical (unpaired) electrons. The first-order valence-electron chi connectivity index (χ1n) is 18.1. The number of anilines is 4. The van der Waals surface area contributed by atoms with Crippen LogP contribution in [-0.2, 0) is 23.7 Å². The van der Waals surface area contributed by atoms with Crippen molar-refractivity contribution in [1.82, 2.24) is 39.9 Å². The van der Waals surface area contributed by atoms with Gasteiger partial charge in [0.15, 0.2) is 17.5 Å². The maximum atomic E-state index is 13.0. The minimum atomic E-state index is -1.06. The number of nitrogens with zero attached hydrogens (tertiary/aromatic N) is 8. The Balaban J connectivity index is 0.000000336. The highest BCUT2D eigenvalue weighted by Gasteiger charge is 2.31. The molecule has 324 valence electrons. The van der Waals surface area contributed by atoms with Gasteiger partial charge in [-0.25, -0.2) is 39.0 Å². The zero-order valence-electron chi connectivity index (χ0n) is 36.3. The number of ether oxygens (including phenoxy) is 5. The van der Waals surface area contributed by atoms with E-state index in [0.29, 0.717) is 22.9 Å². The van der Waals surface area contributed by atoms with Gasteiger partial charge in [-0.15, -0.1) is 5.10 Å². The van der Waals surface area contributed by atoms with Crippen molar-refractivity contribution in [2.45, 2.75) is 133 Å². The van der Waals surface area contributed by atoms with Crippen LogP contribution >= 0.6 is 23.2 Å². The van der Waals surface area contributed by atoms with E-state index in [1.54, 1.807) is 109 Å². The van der Waals surface area contributed by atoms with E-state index in [1.165, 1.54) is 6.20 Å². The minimum Gasteiger partial charge on any atom is -0.443 e. The van der Waals surface area contributed by atoms with Crippen LogP contribution in [0.5, 0.6) is 0 Å². The van der Waals surface area contributed by atoms with E-state index in [9.17, 15) is 19.2 Å². The highest BCUT2D eigenvalue weighted by Crippen LogP contribution is 2.29. The highest BCUT2D eigenvalue weighted by molar-refractivity contribution is 6.28. The predicted molar refractivity (Wildman–Crippen MR) is 221 cm³/mol. The fraction of sp³-hybridized carbons (Fsp3) is 0.526. The highest BCUT2D eigenvalue weighted by atomic mass is 35.5. The van der Waals surface area contributed by atoms with Gasteiger partial charge in [-0.05, 0) is 134 Å². The van der Waals surface area contributed by atoms with Crippen molar-refractivity contribution in [3.8, 4) is 0 Å². The van der Waals surface area contributed by atoms with Gasteiger partial charge in [-0.3, -0.25) is 5.10 Å². The number of amides is 1. The average molecular weight is 866 g/mol. The van der Waals surface area contributed by atoms with Crippen LogP contribution < -0.4 is 10.2 Å². The molecule has 0 fully saturated rings. The Morgan fingerprint density at radius 3 is 1.66 bits per heavy atom. The van der Waals surface area contributed by atoms with E-state index in [4.69, 9.17) is 42.1 Å². The van der Waals surface area contributed by atoms with Gasteiger partial charge < -0.3 is 29.0 Å². The molecule has 4 aromatic heterocycles. The van der Waals surface area contributed by atoms with Gasteiger partial charge in [0.25, 0.3) is 0 Å². The number of hydrogen-bond donors (Lipinski definition) is 2. The molecule has 0 atom stereocenters. The van der Waals surface area contributed by atoms with Crippen molar-refractivity contribution in [3.05, 3.63) is 57.6 Å². The monoisotopic (exact) mass is 864 g/mol. The molecule has 0 aliphatic heterocycles. The molecule has 4 rings (SSSR count). The summed E-state index contributed by atoms with van der Waals surface area (Å²) in [6.45, 7) is 27.7. The number of aryl methyl sites for hydroxylation is 4. The minimum absolute atomic E-state index is 0.0394. The van der Waals surface area contributed by atoms with Crippen LogP contribution in [0.1, 0.15) is 106 Å². The fourth-order valence-corrected chi connectivity index (χ4v) is 4.31. The number of halogens is 2. The summed E-state index contributed by atoms with van der Waals surface area (Å²) in [5, 5.41) is 14.4. The summed E-state index contributed by atoms with van der Waals surface area (Å²) in [5.41, 5.74) is 0.0962. The van der Waals surface area contributed by atoms with Crippen molar-refractivity contribution >= 4 is 71.0 Å². The molecule has 0 bridgehead atoms. The van der Waals surface area contributed by atoms with Gasteiger partial charge in [0.05, 0.1) is 5.69 Å². The third-order valence-corrected chi connectivity index (χ3v) is 6.58. The fourth-order valence-electron chi connectivity index (χ4n) is 4.05. The molecule has 0 aliphatic rings. The lowest BCUT2D eigenvalue weighted by atomic mass is 10.2. The third-order valence-electron chi connectivity index (χ3n) is 6.21. The van der Waals surface area contributed by atoms with E-state index < -0.39 is 46.9 Å². The second-order valence-electron chi connectivity index (χ2n) is 16.8. The van der Waals surface area contributed by atoms with Crippen LogP contribution in [0.3, 0.4) is 0 Å². The number of rotatable bonds is 4. The Labute approximate surface area is 353 Å². The van der Waals surface area contributed by atoms with Crippen molar-refractivity contribution in [3.63, 3.8) is 0 Å². The maximum absolute atomic E-state index is 13.0. The molecule has 0 unspecified atom stereocenters. The van der Waals surface area contributed by atoms with Gasteiger partial charge in [-0.1, -0.05) is 0 Å². The first-order valence-corrected chi connectivity index (χ1v) is 18.8. The summed E-state index contributed by atoms with van der Waals surface area (Å²) in [6, 6.07) is 3.44. The first-order chi connectivity index (χ1) is 26.8. The summed E-state index contributed by atoms with van der Waals surface area (Å²) in [5.74, 6) is 1.72. The van der Waals surface area contributed by atoms with Crippen LogP contribution in [0.4, 0.5) is 42.4 Å². The van der Waals surface area contributed by atoms with Gasteiger partial charge in [-0.2, -0.15) is 14.8 Å². The smallest absolute Gasteiger partial charge is 0.443 e. The molecule has 0 aromatic carbocycles. The molecule has 2 N–H and O–H groups in total. The van der Waals surface area contributed by atoms with Crippen LogP contribution in [0, 0.1) is 27.7 Å². The Bertz CT molecular complexity index is 2070. The van der Waals surface area contributed by atoms with E-state index >= 15 is 0 Å². The molecule has 0 aliphatic carbocycles. The molecule has 4 heterocycles. The molecule has 0 saturated carbocycles. The lowest BCUT2D eigenvalue weighted by molar-refractivity contribution is -0.0294. The molecule has 59 heavy (non-hydrogen) atoms. The molecule has 4 aromatic rings. The molecule has 1 amide bonds. The van der Waals surface area contributed by atoms with Crippen LogP contribution in [0.25, 0.3) is 0 Å². The second-order valence-corrected chi connectivity index (χ2v) is 17.4. The lowest BCUT2D eigenvalue weighted by Gasteiger charge is -2.26. The van der Waals surface area contributed by atoms with Crippen molar-refractivity contribution in [2.75, 3.05) is 10.2 Å². The normalized spacial score (nSPS) is 11.5. The van der Waals surface area contributed by atoms with E-state index in [0.717, 1.165) is 20.8 Å². The molecular formula is C38H54Cl2N10O9. The van der Waals surface area contributed by atoms with Crippen LogP contribution in [-0.4, -0.2) is 86.8 Å². The standard InChI is InChI=1S/C19H26ClN5O4.C10H18O5.C9H10ClN5/c1-11-10-21-15(20)22-14(11)24(16(26)28-18(3,4)5)13-9-12(2)25(23-13)17(27)29-19(6,7)8;1-9(2,3)14-7(11)13-8(12)15-10(4,5)6;1-5-4-11-9(10)13-8(5)12-7-3-6(2)14-15-7/h9-10H,1-8H3;1-6H3;3-4H,1-2H3,(H2,11,12,13,14,15). The SMILES string of the molecule is CC(C)(C)OC(=O)OC(=O)OC(C)(C)C.Cc1cc(Nc2nc(Cl)ncc2C)n[nH]1.Cc1cnc(Cl)nc1N(C(=O)OC(C)(C)C)c1cc(C)n(C(=O)OC(C)(C)C)n1. The third kappa shape index (κ3) is 18.3. The average Bonchev–Trinajstić information content (AvgIpc) is 3.62. The van der Waals surface area contributed by atoms with Crippen LogP contribution in [0.15, 0.2) is 24.5 Å². The zero-order chi connectivity index (χ0) is 45.3. The van der Waals surface area contributed by atoms with E-state index in [2.05, 4.69) is 45.3 Å². The molecule has 19 nitrogen and oxygen atoms in total. The first kappa shape index (κ1) is 49.6. The van der Waals surface area contributed by atoms with E-state index in [1.807, 2.05) is 19.9 Å². The van der Waals surface area contributed by atoms with Crippen molar-refractivity contribution in [1.29, 1.82) is 0 Å². The largest absolute Gasteiger partial charge is 0.519 e. The molecule has 0 spiro atoms. The summed E-state index contributed by atoms with van der Waals surface area (Å²) < 4.78 is 25.8. The van der Waals surface area contributed by atoms with Crippen molar-refractivity contribution < 1.29 is 42.9 Å². The summed E-state index contributed by atoms with van der Waals surface area (Å²) in [4.78, 5) is 64.6. The topological polar surface area (TPSA) is 228 Å². The number of hydrogen-bond acceptors (Lipinski definition) is 16. The van der Waals surface area contributed by atoms with Gasteiger partial charge in [0.1, 0.15) is 28.2 Å². The summed E-state index contributed by atoms with van der Waals surface area (Å²) in [7, 11) is 0. The van der Waals surface area contributed by atoms with Crippen LogP contribution in [0.2, 0.25) is 10.6 Å². The Morgan fingerprint density at radius 1 is 0.695 bits per heavy atom. The number of aromatic nitrogens is 8. The maximum Gasteiger partial charge on any atom is 0.519 e. The second kappa shape index (κ2) is 19.9. The predicted octanol–water partition coefficient (Wildman–Crippen LogP) is 9.89. The molecule has 21 heteroatoms. The number of nitrogens with one attached hydrogen (secondary N) is 2. The zero-order valence-corrected chi connectivity index (χ0v) is 37.8. The number of carbonyl (C=O) groups is 4. The van der Waals surface area contributed by atoms with Gasteiger partial charge >= 0.3 is 24.5 Å². The quantitative estimate of drug-likeness (QED) is 0.0841. The van der Waals surface area contributed by atoms with E-state index in [-0.39, 0.29) is 22.2 Å². The summed E-state index contributed by atoms with van der Waals surface area (Å²) in [6.07, 6.45) is -0.350. The molecule has 0 saturated heterocycles. The summed E-state index contributed by atoms with van der Waals surface area (Å²) >= 11 is 11.6.